The van der Waals surface area contributed by atoms with E-state index in [2.05, 4.69) is 0 Å². The fourth-order valence-corrected chi connectivity index (χ4v) is 2.80. The van der Waals surface area contributed by atoms with E-state index >= 15 is 0 Å². The van der Waals surface area contributed by atoms with E-state index in [9.17, 15) is 14.3 Å². The lowest BCUT2D eigenvalue weighted by Crippen LogP contribution is -1.94. The molecule has 0 atom stereocenters. The number of phenolic OH excluding ortho intramolecular Hbond substituents is 1. The van der Waals surface area contributed by atoms with Crippen molar-refractivity contribution in [3.05, 3.63) is 53.3 Å². The number of benzene rings is 2. The average molecular weight is 345 g/mol. The minimum Gasteiger partial charge on any atom is -0.507 e. The van der Waals surface area contributed by atoms with E-state index in [4.69, 9.17) is 5.11 Å². The second kappa shape index (κ2) is 8.99. The summed E-state index contributed by atoms with van der Waals surface area (Å²) in [5.41, 5.74) is 3.11. The van der Waals surface area contributed by atoms with Gasteiger partial charge in [0.25, 0.3) is 0 Å². The highest BCUT2D eigenvalue weighted by atomic mass is 19.1. The van der Waals surface area contributed by atoms with Gasteiger partial charge in [-0.15, -0.1) is 0 Å². The number of phenols is 1. The molecule has 134 valence electrons. The Morgan fingerprint density at radius 3 is 2.28 bits per heavy atom. The van der Waals surface area contributed by atoms with Gasteiger partial charge in [0.2, 0.25) is 0 Å². The number of aliphatic hydroxyl groups excluding tert-OH is 1. The molecule has 3 rings (SSSR count). The Morgan fingerprint density at radius 1 is 1.12 bits per heavy atom. The summed E-state index contributed by atoms with van der Waals surface area (Å²) in [6, 6.07) is 9.74. The van der Waals surface area contributed by atoms with Crippen LogP contribution in [-0.4, -0.2) is 28.2 Å². The van der Waals surface area contributed by atoms with Gasteiger partial charge in [-0.25, -0.2) is 4.39 Å². The lowest BCUT2D eigenvalue weighted by molar-refractivity contribution is 0.112. The van der Waals surface area contributed by atoms with Gasteiger partial charge in [-0.1, -0.05) is 26.0 Å². The Kier molecular flexibility index (Phi) is 7.33. The number of hydrogen-bond donors (Lipinski definition) is 2. The number of aromatic hydroxyl groups is 1. The zero-order valence-electron chi connectivity index (χ0n) is 15.2. The van der Waals surface area contributed by atoms with Crippen LogP contribution < -0.4 is 0 Å². The number of halogens is 1. The van der Waals surface area contributed by atoms with Crippen LogP contribution in [0, 0.1) is 12.7 Å². The summed E-state index contributed by atoms with van der Waals surface area (Å²) in [6.07, 6.45) is 0.615. The minimum atomic E-state index is -0.300. The third-order valence-corrected chi connectivity index (χ3v) is 3.86. The third kappa shape index (κ3) is 3.72. The second-order valence-electron chi connectivity index (χ2n) is 5.06. The molecule has 0 aliphatic carbocycles. The molecule has 0 amide bonds. The Hall–Kier alpha value is -2.66. The molecule has 0 fully saturated rings. The first kappa shape index (κ1) is 20.4. The molecule has 0 aliphatic heterocycles. The summed E-state index contributed by atoms with van der Waals surface area (Å²) in [5.74, 6) is -0.371. The molecule has 1 aromatic heterocycles. The van der Waals surface area contributed by atoms with E-state index in [0.29, 0.717) is 11.8 Å². The summed E-state index contributed by atoms with van der Waals surface area (Å²) >= 11 is 0. The molecule has 0 bridgehead atoms. The van der Waals surface area contributed by atoms with Crippen LogP contribution in [0.3, 0.4) is 0 Å². The first-order chi connectivity index (χ1) is 12.0. The van der Waals surface area contributed by atoms with Gasteiger partial charge in [0, 0.05) is 31.2 Å². The molecule has 3 aromatic rings. The predicted octanol–water partition coefficient (Wildman–Crippen LogP) is 4.45. The van der Waals surface area contributed by atoms with Crippen molar-refractivity contribution in [1.29, 1.82) is 0 Å². The molecule has 0 unspecified atom stereocenters. The topological polar surface area (TPSA) is 62.5 Å². The molecule has 2 N–H and O–H groups in total. The number of aliphatic hydroxyl groups is 1. The second-order valence-corrected chi connectivity index (χ2v) is 5.06. The van der Waals surface area contributed by atoms with Crippen LogP contribution in [0.2, 0.25) is 0 Å². The lowest BCUT2D eigenvalue weighted by Gasteiger charge is -2.07. The van der Waals surface area contributed by atoms with Gasteiger partial charge in [-0.3, -0.25) is 4.79 Å². The molecule has 0 saturated carbocycles. The van der Waals surface area contributed by atoms with Crippen LogP contribution in [0.1, 0.15) is 29.8 Å². The van der Waals surface area contributed by atoms with Crippen LogP contribution in [0.25, 0.3) is 22.2 Å². The Morgan fingerprint density at radius 2 is 1.72 bits per heavy atom. The van der Waals surface area contributed by atoms with E-state index in [1.807, 2.05) is 32.4 Å². The van der Waals surface area contributed by atoms with Gasteiger partial charge >= 0.3 is 0 Å². The van der Waals surface area contributed by atoms with Crippen molar-refractivity contribution in [1.82, 2.24) is 4.57 Å². The van der Waals surface area contributed by atoms with Gasteiger partial charge in [-0.05, 0) is 30.7 Å². The number of aldehydes is 1. The van der Waals surface area contributed by atoms with E-state index in [0.717, 1.165) is 29.3 Å². The van der Waals surface area contributed by atoms with E-state index in [1.165, 1.54) is 12.1 Å². The number of hydrogen-bond acceptors (Lipinski definition) is 3. The highest BCUT2D eigenvalue weighted by Crippen LogP contribution is 2.36. The molecule has 2 aromatic carbocycles. The lowest BCUT2D eigenvalue weighted by atomic mass is 10.0. The molecule has 0 saturated heterocycles. The molecule has 0 radical (unpaired) electrons. The largest absolute Gasteiger partial charge is 0.507 e. The zero-order valence-corrected chi connectivity index (χ0v) is 15.2. The molecule has 0 spiro atoms. The fraction of sp³-hybridized carbons (Fsp3) is 0.250. The van der Waals surface area contributed by atoms with Gasteiger partial charge in [0.15, 0.2) is 6.29 Å². The van der Waals surface area contributed by atoms with Crippen LogP contribution >= 0.6 is 0 Å². The maximum absolute atomic E-state index is 14.1. The van der Waals surface area contributed by atoms with E-state index in [1.54, 1.807) is 24.3 Å². The van der Waals surface area contributed by atoms with Crippen LogP contribution in [0.15, 0.2) is 36.4 Å². The molecular formula is C20H24FNO3. The van der Waals surface area contributed by atoms with Crippen molar-refractivity contribution < 1.29 is 19.4 Å². The number of nitrogens with zero attached hydrogens (tertiary/aromatic N) is 1. The number of fused-ring (bicyclic) bond motifs is 1. The number of rotatable bonds is 2. The first-order valence-corrected chi connectivity index (χ1v) is 8.01. The highest BCUT2D eigenvalue weighted by Gasteiger charge is 2.17. The minimum absolute atomic E-state index is 0.0711. The Bertz CT molecular complexity index is 869. The number of aryl methyl sites for hydroxylation is 2. The van der Waals surface area contributed by atoms with E-state index in [-0.39, 0.29) is 17.1 Å². The molecule has 0 aliphatic rings. The molecule has 25 heavy (non-hydrogen) atoms. The van der Waals surface area contributed by atoms with Crippen molar-refractivity contribution in [3.8, 4) is 17.0 Å². The summed E-state index contributed by atoms with van der Waals surface area (Å²) in [7, 11) is 2.82. The maximum atomic E-state index is 14.1. The average Bonchev–Trinajstić information content (AvgIpc) is 2.88. The fourth-order valence-electron chi connectivity index (χ4n) is 2.80. The standard InChI is InChI=1S/C17H14FNO2.C2H6.CH4O/c1-10-13-7-11(9-20)16(21)8-15(13)19(2)17(10)12-5-3-4-6-14(12)18;2*1-2/h3-9,21H,1-2H3;1-2H3;2H,1H3. The summed E-state index contributed by atoms with van der Waals surface area (Å²) in [5, 5.41) is 17.7. The number of aromatic nitrogens is 1. The first-order valence-electron chi connectivity index (χ1n) is 8.01. The zero-order chi connectivity index (χ0) is 19.1. The molecular weight excluding hydrogens is 321 g/mol. The highest BCUT2D eigenvalue weighted by molar-refractivity contribution is 5.97. The summed E-state index contributed by atoms with van der Waals surface area (Å²) in [6.45, 7) is 5.88. The molecule has 4 nitrogen and oxygen atoms in total. The number of carbonyl (C=O) groups is 1. The summed E-state index contributed by atoms with van der Waals surface area (Å²) < 4.78 is 15.9. The quantitative estimate of drug-likeness (QED) is 0.675. The SMILES string of the molecule is CC.CO.Cc1c(-c2ccccc2F)n(C)c2cc(O)c(C=O)cc12. The van der Waals surface area contributed by atoms with Gasteiger partial charge < -0.3 is 14.8 Å². The maximum Gasteiger partial charge on any atom is 0.153 e. The normalized spacial score (nSPS) is 9.72. The van der Waals surface area contributed by atoms with Crippen molar-refractivity contribution in [2.45, 2.75) is 20.8 Å². The Balaban J connectivity index is 0.000000730. The molecule has 1 heterocycles. The predicted molar refractivity (Wildman–Crippen MR) is 99.6 cm³/mol. The third-order valence-electron chi connectivity index (χ3n) is 3.86. The smallest absolute Gasteiger partial charge is 0.153 e. The number of carbonyl (C=O) groups excluding carboxylic acids is 1. The van der Waals surface area contributed by atoms with Crippen molar-refractivity contribution in [2.75, 3.05) is 7.11 Å². The van der Waals surface area contributed by atoms with Crippen molar-refractivity contribution in [2.24, 2.45) is 7.05 Å². The summed E-state index contributed by atoms with van der Waals surface area (Å²) in [4.78, 5) is 11.0. The monoisotopic (exact) mass is 345 g/mol. The van der Waals surface area contributed by atoms with Crippen LogP contribution in [0.5, 0.6) is 5.75 Å². The van der Waals surface area contributed by atoms with E-state index < -0.39 is 0 Å². The van der Waals surface area contributed by atoms with Gasteiger partial charge in [-0.2, -0.15) is 0 Å². The Labute approximate surface area is 147 Å². The van der Waals surface area contributed by atoms with Crippen molar-refractivity contribution >= 4 is 17.2 Å². The molecule has 5 heteroatoms. The van der Waals surface area contributed by atoms with Crippen LogP contribution in [-0.2, 0) is 7.05 Å². The van der Waals surface area contributed by atoms with Gasteiger partial charge in [0.05, 0.1) is 16.8 Å². The van der Waals surface area contributed by atoms with Crippen LogP contribution in [0.4, 0.5) is 4.39 Å². The van der Waals surface area contributed by atoms with Gasteiger partial charge in [0.1, 0.15) is 11.6 Å². The van der Waals surface area contributed by atoms with Crippen molar-refractivity contribution in [3.63, 3.8) is 0 Å².